The van der Waals surface area contributed by atoms with Gasteiger partial charge in [-0.2, -0.15) is 0 Å². The molecule has 9 heteroatoms. The molecule has 0 aromatic heterocycles. The Morgan fingerprint density at radius 3 is 2.63 bits per heavy atom. The molecule has 0 heterocycles. The van der Waals surface area contributed by atoms with E-state index in [9.17, 15) is 18.5 Å². The summed E-state index contributed by atoms with van der Waals surface area (Å²) in [6, 6.07) is 4.21. The lowest BCUT2D eigenvalue weighted by molar-refractivity contribution is -0.384. The molecule has 2 N–H and O–H groups in total. The fraction of sp³-hybridized carbons (Fsp3) is 0.400. The van der Waals surface area contributed by atoms with Crippen molar-refractivity contribution in [2.75, 3.05) is 31.8 Å². The summed E-state index contributed by atoms with van der Waals surface area (Å²) in [5.74, 6) is 0.266. The van der Waals surface area contributed by atoms with E-state index >= 15 is 0 Å². The van der Waals surface area contributed by atoms with Crippen LogP contribution in [0.4, 0.5) is 11.4 Å². The summed E-state index contributed by atoms with van der Waals surface area (Å²) < 4.78 is 29.6. The fourth-order valence-corrected chi connectivity index (χ4v) is 1.94. The number of nitro groups is 1. The van der Waals surface area contributed by atoms with E-state index in [2.05, 4.69) is 10.0 Å². The molecule has 0 aliphatic carbocycles. The maximum Gasteiger partial charge on any atom is 0.292 e. The Morgan fingerprint density at radius 1 is 1.42 bits per heavy atom. The van der Waals surface area contributed by atoms with Crippen molar-refractivity contribution in [3.8, 4) is 5.75 Å². The summed E-state index contributed by atoms with van der Waals surface area (Å²) in [5.41, 5.74) is 0.0818. The third kappa shape index (κ3) is 4.38. The van der Waals surface area contributed by atoms with Gasteiger partial charge in [-0.05, 0) is 13.1 Å². The van der Waals surface area contributed by atoms with Crippen LogP contribution in [0.5, 0.6) is 5.75 Å². The number of nitrogens with one attached hydrogen (secondary N) is 2. The van der Waals surface area contributed by atoms with Crippen LogP contribution in [0.1, 0.15) is 0 Å². The van der Waals surface area contributed by atoms with E-state index in [1.165, 1.54) is 32.4 Å². The van der Waals surface area contributed by atoms with Gasteiger partial charge in [-0.25, -0.2) is 13.1 Å². The van der Waals surface area contributed by atoms with E-state index in [1.807, 2.05) is 0 Å². The van der Waals surface area contributed by atoms with Gasteiger partial charge in [-0.1, -0.05) is 0 Å². The summed E-state index contributed by atoms with van der Waals surface area (Å²) in [6.07, 6.45) is 0. The Hall–Kier alpha value is -1.87. The molecule has 106 valence electrons. The van der Waals surface area contributed by atoms with Gasteiger partial charge in [0.25, 0.3) is 5.69 Å². The smallest absolute Gasteiger partial charge is 0.292 e. The molecule has 0 bridgehead atoms. The van der Waals surface area contributed by atoms with Crippen LogP contribution < -0.4 is 14.8 Å². The van der Waals surface area contributed by atoms with Crippen LogP contribution in [0.2, 0.25) is 0 Å². The van der Waals surface area contributed by atoms with Crippen molar-refractivity contribution in [3.63, 3.8) is 0 Å². The summed E-state index contributed by atoms with van der Waals surface area (Å²) in [5, 5.41) is 13.6. The highest BCUT2D eigenvalue weighted by molar-refractivity contribution is 7.89. The van der Waals surface area contributed by atoms with E-state index in [0.717, 1.165) is 0 Å². The molecule has 1 aromatic carbocycles. The van der Waals surface area contributed by atoms with Crippen molar-refractivity contribution in [2.24, 2.45) is 0 Å². The van der Waals surface area contributed by atoms with E-state index in [1.54, 1.807) is 0 Å². The molecule has 0 saturated heterocycles. The summed E-state index contributed by atoms with van der Waals surface area (Å²) in [6.45, 7) is 0.0528. The van der Waals surface area contributed by atoms with Gasteiger partial charge in [0.05, 0.1) is 17.8 Å². The quantitative estimate of drug-likeness (QED) is 0.560. The Balaban J connectivity index is 2.84. The van der Waals surface area contributed by atoms with Crippen molar-refractivity contribution in [1.29, 1.82) is 0 Å². The second-order valence-corrected chi connectivity index (χ2v) is 5.64. The number of hydrogen-bond donors (Lipinski definition) is 2. The average molecular weight is 289 g/mol. The summed E-state index contributed by atoms with van der Waals surface area (Å²) in [4.78, 5) is 10.3. The number of nitro benzene ring substituents is 1. The van der Waals surface area contributed by atoms with Gasteiger partial charge in [0.1, 0.15) is 11.4 Å². The van der Waals surface area contributed by atoms with Crippen molar-refractivity contribution >= 4 is 21.4 Å². The van der Waals surface area contributed by atoms with E-state index in [0.29, 0.717) is 5.75 Å². The number of methoxy groups -OCH3 is 1. The number of rotatable bonds is 7. The standard InChI is InChI=1S/C10H15N3O5S/c1-11-19(16,17)6-5-12-9-7-8(18-2)3-4-10(9)13(14)15/h3-4,7,11-12H,5-6H2,1-2H3. The number of sulfonamides is 1. The highest BCUT2D eigenvalue weighted by Gasteiger charge is 2.15. The first-order valence-electron chi connectivity index (χ1n) is 5.37. The third-order valence-electron chi connectivity index (χ3n) is 2.40. The molecule has 1 rings (SSSR count). The van der Waals surface area contributed by atoms with Crippen molar-refractivity contribution < 1.29 is 18.1 Å². The summed E-state index contributed by atoms with van der Waals surface area (Å²) in [7, 11) is -0.602. The van der Waals surface area contributed by atoms with Gasteiger partial charge in [0.15, 0.2) is 0 Å². The summed E-state index contributed by atoms with van der Waals surface area (Å²) >= 11 is 0. The molecule has 0 saturated carbocycles. The van der Waals surface area contributed by atoms with E-state index in [-0.39, 0.29) is 23.7 Å². The largest absolute Gasteiger partial charge is 0.497 e. The lowest BCUT2D eigenvalue weighted by Crippen LogP contribution is -2.26. The average Bonchev–Trinajstić information content (AvgIpc) is 2.38. The number of ether oxygens (including phenoxy) is 1. The normalized spacial score (nSPS) is 11.1. The van der Waals surface area contributed by atoms with Crippen LogP contribution in [0, 0.1) is 10.1 Å². The zero-order valence-electron chi connectivity index (χ0n) is 10.5. The van der Waals surface area contributed by atoms with Crippen LogP contribution in [0.3, 0.4) is 0 Å². The van der Waals surface area contributed by atoms with Crippen LogP contribution in [-0.4, -0.2) is 39.8 Å². The van der Waals surface area contributed by atoms with Crippen molar-refractivity contribution in [3.05, 3.63) is 28.3 Å². The molecule has 1 aromatic rings. The van der Waals surface area contributed by atoms with Gasteiger partial charge in [-0.3, -0.25) is 10.1 Å². The second kappa shape index (κ2) is 6.34. The van der Waals surface area contributed by atoms with Gasteiger partial charge < -0.3 is 10.1 Å². The van der Waals surface area contributed by atoms with Crippen LogP contribution in [0.15, 0.2) is 18.2 Å². The molecular weight excluding hydrogens is 274 g/mol. The van der Waals surface area contributed by atoms with Gasteiger partial charge in [0, 0.05) is 18.7 Å². The minimum Gasteiger partial charge on any atom is -0.497 e. The Morgan fingerprint density at radius 2 is 2.11 bits per heavy atom. The monoisotopic (exact) mass is 289 g/mol. The van der Waals surface area contributed by atoms with Gasteiger partial charge in [-0.15, -0.1) is 0 Å². The maximum absolute atomic E-state index is 11.2. The zero-order valence-corrected chi connectivity index (χ0v) is 11.4. The van der Waals surface area contributed by atoms with Crippen molar-refractivity contribution in [1.82, 2.24) is 4.72 Å². The minimum absolute atomic E-state index is 0.0528. The molecule has 0 aliphatic heterocycles. The molecular formula is C10H15N3O5S. The first-order chi connectivity index (χ1) is 8.89. The molecule has 0 atom stereocenters. The SMILES string of the molecule is CNS(=O)(=O)CCNc1cc(OC)ccc1[N+](=O)[O-]. The lowest BCUT2D eigenvalue weighted by atomic mass is 10.2. The molecule has 0 unspecified atom stereocenters. The van der Waals surface area contributed by atoms with Crippen LogP contribution in [-0.2, 0) is 10.0 Å². The van der Waals surface area contributed by atoms with Crippen molar-refractivity contribution in [2.45, 2.75) is 0 Å². The fourth-order valence-electron chi connectivity index (χ4n) is 1.37. The second-order valence-electron chi connectivity index (χ2n) is 3.59. The number of hydrogen-bond acceptors (Lipinski definition) is 6. The number of nitrogens with zero attached hydrogens (tertiary/aromatic N) is 1. The number of benzene rings is 1. The van der Waals surface area contributed by atoms with E-state index in [4.69, 9.17) is 4.74 Å². The molecule has 0 fully saturated rings. The van der Waals surface area contributed by atoms with Gasteiger partial charge >= 0.3 is 0 Å². The highest BCUT2D eigenvalue weighted by atomic mass is 32.2. The minimum atomic E-state index is -3.35. The Bertz CT molecular complexity index is 558. The molecule has 0 radical (unpaired) electrons. The molecule has 19 heavy (non-hydrogen) atoms. The third-order valence-corrected chi connectivity index (χ3v) is 3.76. The first kappa shape index (κ1) is 15.2. The Kier molecular flexibility index (Phi) is 5.07. The Labute approximate surface area is 111 Å². The first-order valence-corrected chi connectivity index (χ1v) is 7.02. The molecule has 0 aliphatic rings. The topological polar surface area (TPSA) is 111 Å². The maximum atomic E-state index is 11.2. The predicted molar refractivity (Wildman–Crippen MR) is 71.0 cm³/mol. The van der Waals surface area contributed by atoms with Crippen LogP contribution in [0.25, 0.3) is 0 Å². The molecule has 8 nitrogen and oxygen atoms in total. The predicted octanol–water partition coefficient (Wildman–Crippen LogP) is 0.564. The van der Waals surface area contributed by atoms with Crippen LogP contribution >= 0.6 is 0 Å². The number of anilines is 1. The van der Waals surface area contributed by atoms with Gasteiger partial charge in [0.2, 0.25) is 10.0 Å². The zero-order chi connectivity index (χ0) is 14.5. The van der Waals surface area contributed by atoms with E-state index < -0.39 is 14.9 Å². The molecule has 0 amide bonds. The molecule has 0 spiro atoms. The highest BCUT2D eigenvalue weighted by Crippen LogP contribution is 2.28. The lowest BCUT2D eigenvalue weighted by Gasteiger charge is -2.09.